The second kappa shape index (κ2) is 4.41. The Kier molecular flexibility index (Phi) is 3.48. The quantitative estimate of drug-likeness (QED) is 0.689. The van der Waals surface area contributed by atoms with Crippen molar-refractivity contribution in [3.05, 3.63) is 29.8 Å². The number of thiol groups is 1. The van der Waals surface area contributed by atoms with Gasteiger partial charge in [-0.2, -0.15) is 12.6 Å². The summed E-state index contributed by atoms with van der Waals surface area (Å²) < 4.78 is 0. The first-order valence-corrected chi connectivity index (χ1v) is 4.77. The van der Waals surface area contributed by atoms with Crippen LogP contribution in [-0.2, 0) is 0 Å². The van der Waals surface area contributed by atoms with Crippen molar-refractivity contribution in [3.63, 3.8) is 0 Å². The predicted octanol–water partition coefficient (Wildman–Crippen LogP) is 2.82. The van der Waals surface area contributed by atoms with Gasteiger partial charge in [0.15, 0.2) is 0 Å². The van der Waals surface area contributed by atoms with E-state index in [0.29, 0.717) is 11.7 Å². The van der Waals surface area contributed by atoms with Crippen LogP contribution in [0.4, 0.5) is 0 Å². The average molecular weight is 182 g/mol. The summed E-state index contributed by atoms with van der Waals surface area (Å²) >= 11 is 4.18. The van der Waals surface area contributed by atoms with E-state index in [9.17, 15) is 0 Å². The van der Waals surface area contributed by atoms with Crippen LogP contribution < -0.4 is 0 Å². The Morgan fingerprint density at radius 1 is 1.33 bits per heavy atom. The molecule has 12 heavy (non-hydrogen) atoms. The topological polar surface area (TPSA) is 20.2 Å². The van der Waals surface area contributed by atoms with Crippen LogP contribution in [-0.4, -0.2) is 10.9 Å². The lowest BCUT2D eigenvalue weighted by Crippen LogP contribution is -1.93. The smallest absolute Gasteiger partial charge is 0.115 e. The van der Waals surface area contributed by atoms with Crippen molar-refractivity contribution < 1.29 is 5.11 Å². The van der Waals surface area contributed by atoms with Gasteiger partial charge in [0.05, 0.1) is 0 Å². The lowest BCUT2D eigenvalue weighted by molar-refractivity contribution is 0.475. The number of benzene rings is 1. The molecule has 1 unspecified atom stereocenters. The Morgan fingerprint density at radius 2 is 1.92 bits per heavy atom. The molecule has 0 aromatic heterocycles. The van der Waals surface area contributed by atoms with Crippen LogP contribution in [0, 0.1) is 0 Å². The second-order valence-corrected chi connectivity index (χ2v) is 3.45. The van der Waals surface area contributed by atoms with Gasteiger partial charge in [0.25, 0.3) is 0 Å². The van der Waals surface area contributed by atoms with Gasteiger partial charge in [0.2, 0.25) is 0 Å². The summed E-state index contributed by atoms with van der Waals surface area (Å²) in [6.07, 6.45) is 1.08. The molecule has 0 radical (unpaired) electrons. The molecule has 1 aromatic carbocycles. The van der Waals surface area contributed by atoms with Crippen molar-refractivity contribution in [2.24, 2.45) is 0 Å². The monoisotopic (exact) mass is 182 g/mol. The van der Waals surface area contributed by atoms with Crippen LogP contribution in [0.3, 0.4) is 0 Å². The number of hydrogen-bond donors (Lipinski definition) is 2. The summed E-state index contributed by atoms with van der Waals surface area (Å²) in [6, 6.07) is 7.38. The molecule has 2 heteroatoms. The van der Waals surface area contributed by atoms with Crippen molar-refractivity contribution in [3.8, 4) is 5.75 Å². The molecule has 0 aliphatic rings. The van der Waals surface area contributed by atoms with Gasteiger partial charge in [-0.05, 0) is 35.8 Å². The standard InChI is InChI=1S/C10H14OS/c1-8(6-7-12)9-2-4-10(11)5-3-9/h2-5,8,11-12H,6-7H2,1H3. The normalized spacial score (nSPS) is 12.8. The van der Waals surface area contributed by atoms with E-state index in [-0.39, 0.29) is 0 Å². The van der Waals surface area contributed by atoms with E-state index >= 15 is 0 Å². The minimum atomic E-state index is 0.330. The van der Waals surface area contributed by atoms with Crippen LogP contribution in [0.1, 0.15) is 24.8 Å². The molecule has 0 spiro atoms. The molecule has 0 saturated heterocycles. The first-order valence-electron chi connectivity index (χ1n) is 4.14. The predicted molar refractivity (Wildman–Crippen MR) is 55.0 cm³/mol. The summed E-state index contributed by atoms with van der Waals surface area (Å²) in [7, 11) is 0. The SMILES string of the molecule is CC(CCS)c1ccc(O)cc1. The van der Waals surface area contributed by atoms with Crippen molar-refractivity contribution in [1.29, 1.82) is 0 Å². The third kappa shape index (κ3) is 2.45. The number of phenolic OH excluding ortho intramolecular Hbond substituents is 1. The van der Waals surface area contributed by atoms with Gasteiger partial charge in [-0.3, -0.25) is 0 Å². The van der Waals surface area contributed by atoms with E-state index in [4.69, 9.17) is 5.11 Å². The van der Waals surface area contributed by atoms with E-state index in [1.54, 1.807) is 12.1 Å². The molecule has 0 aliphatic heterocycles. The third-order valence-electron chi connectivity index (χ3n) is 2.02. The number of phenols is 1. The Hall–Kier alpha value is -0.630. The highest BCUT2D eigenvalue weighted by Crippen LogP contribution is 2.21. The van der Waals surface area contributed by atoms with Crippen molar-refractivity contribution >= 4 is 12.6 Å². The molecule has 1 N–H and O–H groups in total. The Bertz CT molecular complexity index is 230. The van der Waals surface area contributed by atoms with Crippen LogP contribution in [0.5, 0.6) is 5.75 Å². The van der Waals surface area contributed by atoms with Crippen LogP contribution >= 0.6 is 12.6 Å². The fourth-order valence-electron chi connectivity index (χ4n) is 1.16. The van der Waals surface area contributed by atoms with Gasteiger partial charge in [-0.15, -0.1) is 0 Å². The van der Waals surface area contributed by atoms with Crippen LogP contribution in [0.2, 0.25) is 0 Å². The van der Waals surface area contributed by atoms with E-state index in [0.717, 1.165) is 12.2 Å². The maximum atomic E-state index is 9.05. The van der Waals surface area contributed by atoms with Crippen LogP contribution in [0.15, 0.2) is 24.3 Å². The summed E-state index contributed by atoms with van der Waals surface area (Å²) in [4.78, 5) is 0. The minimum absolute atomic E-state index is 0.330. The zero-order valence-electron chi connectivity index (χ0n) is 7.20. The maximum absolute atomic E-state index is 9.05. The van der Waals surface area contributed by atoms with Crippen LogP contribution in [0.25, 0.3) is 0 Å². The highest BCUT2D eigenvalue weighted by atomic mass is 32.1. The molecule has 66 valence electrons. The summed E-state index contributed by atoms with van der Waals surface area (Å²) in [6.45, 7) is 2.17. The third-order valence-corrected chi connectivity index (χ3v) is 2.28. The largest absolute Gasteiger partial charge is 0.508 e. The maximum Gasteiger partial charge on any atom is 0.115 e. The number of rotatable bonds is 3. The summed E-state index contributed by atoms with van der Waals surface area (Å²) in [5, 5.41) is 9.05. The van der Waals surface area contributed by atoms with Gasteiger partial charge in [0, 0.05) is 0 Å². The molecule has 0 fully saturated rings. The molecule has 1 rings (SSSR count). The second-order valence-electron chi connectivity index (χ2n) is 3.00. The molecule has 0 heterocycles. The lowest BCUT2D eigenvalue weighted by Gasteiger charge is -2.09. The molecular weight excluding hydrogens is 168 g/mol. The van der Waals surface area contributed by atoms with Gasteiger partial charge >= 0.3 is 0 Å². The molecule has 0 amide bonds. The Morgan fingerprint density at radius 3 is 2.42 bits per heavy atom. The molecule has 1 atom stereocenters. The fourth-order valence-corrected chi connectivity index (χ4v) is 1.55. The average Bonchev–Trinajstić information content (AvgIpc) is 2.06. The summed E-state index contributed by atoms with van der Waals surface area (Å²) in [5.74, 6) is 1.77. The zero-order chi connectivity index (χ0) is 8.97. The van der Waals surface area contributed by atoms with E-state index in [2.05, 4.69) is 19.6 Å². The highest BCUT2D eigenvalue weighted by molar-refractivity contribution is 7.80. The molecule has 0 saturated carbocycles. The van der Waals surface area contributed by atoms with Crippen molar-refractivity contribution in [2.45, 2.75) is 19.3 Å². The highest BCUT2D eigenvalue weighted by Gasteiger charge is 2.03. The molecule has 0 bridgehead atoms. The molecule has 0 aliphatic carbocycles. The Balaban J connectivity index is 2.68. The molecule has 1 aromatic rings. The van der Waals surface area contributed by atoms with E-state index in [1.165, 1.54) is 5.56 Å². The number of aromatic hydroxyl groups is 1. The minimum Gasteiger partial charge on any atom is -0.508 e. The van der Waals surface area contributed by atoms with E-state index < -0.39 is 0 Å². The fraction of sp³-hybridized carbons (Fsp3) is 0.400. The van der Waals surface area contributed by atoms with Crippen molar-refractivity contribution in [1.82, 2.24) is 0 Å². The van der Waals surface area contributed by atoms with Gasteiger partial charge < -0.3 is 5.11 Å². The van der Waals surface area contributed by atoms with Gasteiger partial charge in [0.1, 0.15) is 5.75 Å². The van der Waals surface area contributed by atoms with E-state index in [1.807, 2.05) is 12.1 Å². The Labute approximate surface area is 78.8 Å². The van der Waals surface area contributed by atoms with Gasteiger partial charge in [-0.25, -0.2) is 0 Å². The summed E-state index contributed by atoms with van der Waals surface area (Å²) in [5.41, 5.74) is 1.27. The molecular formula is C10H14OS. The molecule has 1 nitrogen and oxygen atoms in total. The lowest BCUT2D eigenvalue weighted by atomic mass is 9.99. The zero-order valence-corrected chi connectivity index (χ0v) is 8.09. The van der Waals surface area contributed by atoms with Crippen molar-refractivity contribution in [2.75, 3.05) is 5.75 Å². The first kappa shape index (κ1) is 9.46. The first-order chi connectivity index (χ1) is 5.74. The number of hydrogen-bond acceptors (Lipinski definition) is 2. The van der Waals surface area contributed by atoms with Gasteiger partial charge in [-0.1, -0.05) is 19.1 Å².